The van der Waals surface area contributed by atoms with Crippen molar-refractivity contribution in [1.82, 2.24) is 0 Å². The van der Waals surface area contributed by atoms with Gasteiger partial charge in [-0.3, -0.25) is 0 Å². The zero-order chi connectivity index (χ0) is 11.5. The van der Waals surface area contributed by atoms with E-state index in [0.717, 1.165) is 6.29 Å². The summed E-state index contributed by atoms with van der Waals surface area (Å²) in [5.74, 6) is -0.675. The molecule has 1 rings (SSSR count). The second-order valence-corrected chi connectivity index (χ2v) is 4.03. The first-order chi connectivity index (χ1) is 7.00. The van der Waals surface area contributed by atoms with Crippen LogP contribution in [0.3, 0.4) is 0 Å². The standard InChI is InChI=1S/C10H18O5/c1-10(2)14-6-8(15-10)9(12)7(13-3)4-5-11/h5,7-9,12H,4,6H2,1-3H3. The van der Waals surface area contributed by atoms with Crippen molar-refractivity contribution in [3.63, 3.8) is 0 Å². The highest BCUT2D eigenvalue weighted by molar-refractivity contribution is 5.50. The second kappa shape index (κ2) is 5.03. The molecule has 88 valence electrons. The van der Waals surface area contributed by atoms with Gasteiger partial charge in [0.2, 0.25) is 0 Å². The Labute approximate surface area is 89.3 Å². The summed E-state index contributed by atoms with van der Waals surface area (Å²) in [5, 5.41) is 9.88. The van der Waals surface area contributed by atoms with Crippen LogP contribution >= 0.6 is 0 Å². The number of carbonyl (C=O) groups is 1. The average Bonchev–Trinajstić information content (AvgIpc) is 2.54. The summed E-state index contributed by atoms with van der Waals surface area (Å²) < 4.78 is 15.8. The van der Waals surface area contributed by atoms with Crippen molar-refractivity contribution < 1.29 is 24.1 Å². The molecule has 3 atom stereocenters. The lowest BCUT2D eigenvalue weighted by Crippen LogP contribution is -2.41. The summed E-state index contributed by atoms with van der Waals surface area (Å²) in [6.07, 6.45) is -0.951. The van der Waals surface area contributed by atoms with Crippen molar-refractivity contribution in [2.24, 2.45) is 0 Å². The first-order valence-corrected chi connectivity index (χ1v) is 4.96. The van der Waals surface area contributed by atoms with Gasteiger partial charge in [-0.1, -0.05) is 0 Å². The number of hydrogen-bond donors (Lipinski definition) is 1. The number of methoxy groups -OCH3 is 1. The van der Waals surface area contributed by atoms with Crippen molar-refractivity contribution in [2.45, 2.75) is 44.4 Å². The van der Waals surface area contributed by atoms with E-state index in [1.807, 2.05) is 0 Å². The maximum atomic E-state index is 10.4. The highest BCUT2D eigenvalue weighted by Gasteiger charge is 2.39. The first kappa shape index (κ1) is 12.6. The number of aliphatic hydroxyl groups excluding tert-OH is 1. The van der Waals surface area contributed by atoms with Crippen LogP contribution in [0.2, 0.25) is 0 Å². The normalized spacial score (nSPS) is 28.7. The fraction of sp³-hybridized carbons (Fsp3) is 0.900. The van der Waals surface area contributed by atoms with E-state index in [9.17, 15) is 9.90 Å². The Morgan fingerprint density at radius 2 is 2.33 bits per heavy atom. The molecule has 1 saturated heterocycles. The summed E-state index contributed by atoms with van der Waals surface area (Å²) in [6, 6.07) is 0. The van der Waals surface area contributed by atoms with Crippen molar-refractivity contribution >= 4 is 6.29 Å². The molecule has 1 aliphatic rings. The van der Waals surface area contributed by atoms with E-state index in [2.05, 4.69) is 0 Å². The topological polar surface area (TPSA) is 65.0 Å². The number of rotatable bonds is 5. The van der Waals surface area contributed by atoms with Crippen LogP contribution in [0.15, 0.2) is 0 Å². The highest BCUT2D eigenvalue weighted by Crippen LogP contribution is 2.26. The lowest BCUT2D eigenvalue weighted by Gasteiger charge is -2.25. The van der Waals surface area contributed by atoms with Crippen molar-refractivity contribution in [1.29, 1.82) is 0 Å². The molecule has 1 fully saturated rings. The SMILES string of the molecule is COC(CC=O)C(O)C1COC(C)(C)O1. The Bertz CT molecular complexity index is 216. The smallest absolute Gasteiger partial charge is 0.163 e. The fourth-order valence-electron chi connectivity index (χ4n) is 1.59. The van der Waals surface area contributed by atoms with Crippen LogP contribution in [-0.4, -0.2) is 49.2 Å². The third-order valence-corrected chi connectivity index (χ3v) is 2.42. The lowest BCUT2D eigenvalue weighted by atomic mass is 10.1. The van der Waals surface area contributed by atoms with Crippen LogP contribution in [0.5, 0.6) is 0 Å². The zero-order valence-corrected chi connectivity index (χ0v) is 9.30. The van der Waals surface area contributed by atoms with Gasteiger partial charge < -0.3 is 24.1 Å². The highest BCUT2D eigenvalue weighted by atomic mass is 16.7. The predicted octanol–water partition coefficient (Wildman–Crippen LogP) is 0.103. The Balaban J connectivity index is 2.52. The molecule has 3 unspecified atom stereocenters. The maximum absolute atomic E-state index is 10.4. The molecular formula is C10H18O5. The predicted molar refractivity (Wildman–Crippen MR) is 52.4 cm³/mol. The quantitative estimate of drug-likeness (QED) is 0.663. The molecule has 0 saturated carbocycles. The molecule has 0 aliphatic carbocycles. The van der Waals surface area contributed by atoms with Crippen molar-refractivity contribution in [3.05, 3.63) is 0 Å². The molecule has 5 heteroatoms. The Morgan fingerprint density at radius 1 is 1.67 bits per heavy atom. The van der Waals surface area contributed by atoms with Gasteiger partial charge in [-0.2, -0.15) is 0 Å². The minimum atomic E-state index is -0.845. The van der Waals surface area contributed by atoms with Crippen LogP contribution in [0.4, 0.5) is 0 Å². The van der Waals surface area contributed by atoms with E-state index in [1.54, 1.807) is 13.8 Å². The summed E-state index contributed by atoms with van der Waals surface area (Å²) in [4.78, 5) is 10.4. The van der Waals surface area contributed by atoms with Crippen LogP contribution in [-0.2, 0) is 19.0 Å². The minimum Gasteiger partial charge on any atom is -0.388 e. The molecule has 0 aromatic carbocycles. The summed E-state index contributed by atoms with van der Waals surface area (Å²) >= 11 is 0. The van der Waals surface area contributed by atoms with Gasteiger partial charge in [0.1, 0.15) is 18.5 Å². The molecule has 0 spiro atoms. The van der Waals surface area contributed by atoms with Gasteiger partial charge in [0, 0.05) is 13.5 Å². The fourth-order valence-corrected chi connectivity index (χ4v) is 1.59. The Morgan fingerprint density at radius 3 is 2.73 bits per heavy atom. The molecular weight excluding hydrogens is 200 g/mol. The van der Waals surface area contributed by atoms with E-state index in [1.165, 1.54) is 7.11 Å². The summed E-state index contributed by atoms with van der Waals surface area (Å²) in [6.45, 7) is 3.87. The number of carbonyl (C=O) groups excluding carboxylic acids is 1. The summed E-state index contributed by atoms with van der Waals surface area (Å²) in [7, 11) is 1.46. The van der Waals surface area contributed by atoms with Gasteiger partial charge >= 0.3 is 0 Å². The second-order valence-electron chi connectivity index (χ2n) is 4.03. The van der Waals surface area contributed by atoms with Crippen LogP contribution in [0.25, 0.3) is 0 Å². The van der Waals surface area contributed by atoms with Gasteiger partial charge in [0.05, 0.1) is 12.7 Å². The van der Waals surface area contributed by atoms with E-state index in [-0.39, 0.29) is 6.42 Å². The molecule has 15 heavy (non-hydrogen) atoms. The summed E-state index contributed by atoms with van der Waals surface area (Å²) in [5.41, 5.74) is 0. The van der Waals surface area contributed by atoms with Gasteiger partial charge in [-0.25, -0.2) is 0 Å². The van der Waals surface area contributed by atoms with Gasteiger partial charge in [0.25, 0.3) is 0 Å². The third kappa shape index (κ3) is 3.24. The van der Waals surface area contributed by atoms with E-state index in [0.29, 0.717) is 6.61 Å². The third-order valence-electron chi connectivity index (χ3n) is 2.42. The van der Waals surface area contributed by atoms with Crippen molar-refractivity contribution in [3.8, 4) is 0 Å². The van der Waals surface area contributed by atoms with Gasteiger partial charge in [-0.05, 0) is 13.8 Å². The molecule has 0 radical (unpaired) electrons. The van der Waals surface area contributed by atoms with Crippen LogP contribution < -0.4 is 0 Å². The molecule has 1 aliphatic heterocycles. The van der Waals surface area contributed by atoms with Crippen LogP contribution in [0, 0.1) is 0 Å². The van der Waals surface area contributed by atoms with E-state index >= 15 is 0 Å². The maximum Gasteiger partial charge on any atom is 0.163 e. The van der Waals surface area contributed by atoms with Gasteiger partial charge in [0.15, 0.2) is 5.79 Å². The molecule has 1 N–H and O–H groups in total. The lowest BCUT2D eigenvalue weighted by molar-refractivity contribution is -0.163. The minimum absolute atomic E-state index is 0.151. The molecule has 0 aromatic heterocycles. The molecule has 5 nitrogen and oxygen atoms in total. The molecule has 0 bridgehead atoms. The largest absolute Gasteiger partial charge is 0.388 e. The molecule has 0 amide bonds. The average molecular weight is 218 g/mol. The van der Waals surface area contributed by atoms with Crippen LogP contribution in [0.1, 0.15) is 20.3 Å². The molecule has 0 aromatic rings. The number of hydrogen-bond acceptors (Lipinski definition) is 5. The number of ether oxygens (including phenoxy) is 3. The van der Waals surface area contributed by atoms with E-state index < -0.39 is 24.1 Å². The van der Waals surface area contributed by atoms with Crippen molar-refractivity contribution in [2.75, 3.05) is 13.7 Å². The Hall–Kier alpha value is -0.490. The monoisotopic (exact) mass is 218 g/mol. The van der Waals surface area contributed by atoms with Gasteiger partial charge in [-0.15, -0.1) is 0 Å². The zero-order valence-electron chi connectivity index (χ0n) is 9.30. The Kier molecular flexibility index (Phi) is 4.21. The number of aldehydes is 1. The number of aliphatic hydroxyl groups is 1. The molecule has 1 heterocycles. The van der Waals surface area contributed by atoms with E-state index in [4.69, 9.17) is 14.2 Å². The first-order valence-electron chi connectivity index (χ1n) is 4.96.